The van der Waals surface area contributed by atoms with Gasteiger partial charge in [-0.25, -0.2) is 4.99 Å². The van der Waals surface area contributed by atoms with Crippen LogP contribution in [0.5, 0.6) is 0 Å². The molecule has 92 valence electrons. The molecular formula is C15H17N3. The van der Waals surface area contributed by atoms with E-state index in [1.165, 1.54) is 0 Å². The summed E-state index contributed by atoms with van der Waals surface area (Å²) in [6.45, 7) is 5.91. The SMILES string of the molecule is C=C/C(=C\CC)C1C#CC(N)N2C=CC=CC2=N1. The van der Waals surface area contributed by atoms with Crippen LogP contribution in [0.15, 0.2) is 53.7 Å². The van der Waals surface area contributed by atoms with Crippen LogP contribution in [0, 0.1) is 11.8 Å². The zero-order valence-electron chi connectivity index (χ0n) is 10.5. The maximum atomic E-state index is 6.01. The highest BCUT2D eigenvalue weighted by Crippen LogP contribution is 2.15. The largest absolute Gasteiger partial charge is 0.306 e. The van der Waals surface area contributed by atoms with Gasteiger partial charge in [0.25, 0.3) is 0 Å². The molecule has 0 amide bonds. The van der Waals surface area contributed by atoms with Crippen molar-refractivity contribution in [3.63, 3.8) is 0 Å². The van der Waals surface area contributed by atoms with E-state index in [0.29, 0.717) is 0 Å². The summed E-state index contributed by atoms with van der Waals surface area (Å²) in [7, 11) is 0. The molecule has 2 N–H and O–H groups in total. The van der Waals surface area contributed by atoms with Crippen LogP contribution in [0.3, 0.4) is 0 Å². The molecule has 0 spiro atoms. The Labute approximate surface area is 108 Å². The molecule has 0 saturated heterocycles. The van der Waals surface area contributed by atoms with Crippen LogP contribution < -0.4 is 5.73 Å². The third-order valence-corrected chi connectivity index (χ3v) is 2.79. The van der Waals surface area contributed by atoms with Gasteiger partial charge in [-0.05, 0) is 24.1 Å². The summed E-state index contributed by atoms with van der Waals surface area (Å²) in [5.41, 5.74) is 7.04. The summed E-state index contributed by atoms with van der Waals surface area (Å²) in [5, 5.41) is 0. The summed E-state index contributed by atoms with van der Waals surface area (Å²) in [6, 6.07) is -0.176. The van der Waals surface area contributed by atoms with E-state index in [-0.39, 0.29) is 12.2 Å². The van der Waals surface area contributed by atoms with Gasteiger partial charge in [-0.3, -0.25) is 0 Å². The van der Waals surface area contributed by atoms with Gasteiger partial charge in [-0.15, -0.1) is 0 Å². The lowest BCUT2D eigenvalue weighted by atomic mass is 10.1. The van der Waals surface area contributed by atoms with Gasteiger partial charge in [0, 0.05) is 6.20 Å². The minimum atomic E-state index is -0.345. The van der Waals surface area contributed by atoms with E-state index in [1.54, 1.807) is 0 Å². The van der Waals surface area contributed by atoms with Crippen molar-refractivity contribution in [2.45, 2.75) is 25.6 Å². The summed E-state index contributed by atoms with van der Waals surface area (Å²) in [5.74, 6) is 6.97. The fourth-order valence-corrected chi connectivity index (χ4v) is 1.89. The first-order valence-corrected chi connectivity index (χ1v) is 6.06. The molecule has 0 saturated carbocycles. The average Bonchev–Trinajstić information content (AvgIpc) is 2.56. The maximum absolute atomic E-state index is 6.01. The molecule has 0 aromatic heterocycles. The van der Waals surface area contributed by atoms with Crippen LogP contribution in [0.25, 0.3) is 0 Å². The van der Waals surface area contributed by atoms with Crippen LogP contribution >= 0.6 is 0 Å². The molecule has 2 heterocycles. The Morgan fingerprint density at radius 2 is 2.39 bits per heavy atom. The van der Waals surface area contributed by atoms with Crippen LogP contribution in [0.1, 0.15) is 13.3 Å². The Kier molecular flexibility index (Phi) is 3.81. The average molecular weight is 239 g/mol. The molecule has 2 aliphatic rings. The standard InChI is InChI=1S/C15H17N3/c1-3-7-12(4-2)13-9-10-14(16)18-11-6-5-8-15(18)17-13/h4-8,11,13-14H,2-3,16H2,1H3/b12-7+. The van der Waals surface area contributed by atoms with Crippen LogP contribution in [-0.4, -0.2) is 22.9 Å². The summed E-state index contributed by atoms with van der Waals surface area (Å²) >= 11 is 0. The second-order valence-electron chi connectivity index (χ2n) is 4.05. The first-order valence-electron chi connectivity index (χ1n) is 6.06. The minimum Gasteiger partial charge on any atom is -0.306 e. The van der Waals surface area contributed by atoms with Crippen molar-refractivity contribution in [2.24, 2.45) is 10.7 Å². The molecular weight excluding hydrogens is 222 g/mol. The number of hydrogen-bond donors (Lipinski definition) is 1. The van der Waals surface area contributed by atoms with Gasteiger partial charge in [0.05, 0.1) is 0 Å². The van der Waals surface area contributed by atoms with E-state index in [2.05, 4.69) is 36.4 Å². The van der Waals surface area contributed by atoms with E-state index in [4.69, 9.17) is 5.73 Å². The zero-order chi connectivity index (χ0) is 13.0. The van der Waals surface area contributed by atoms with Crippen molar-refractivity contribution >= 4 is 5.84 Å². The molecule has 0 fully saturated rings. The molecule has 2 atom stereocenters. The van der Waals surface area contributed by atoms with Crippen molar-refractivity contribution in [1.82, 2.24) is 4.90 Å². The Balaban J connectivity index is 2.39. The fraction of sp³-hybridized carbons (Fsp3) is 0.267. The van der Waals surface area contributed by atoms with Gasteiger partial charge < -0.3 is 10.6 Å². The number of nitrogens with zero attached hydrogens (tertiary/aromatic N) is 2. The smallest absolute Gasteiger partial charge is 0.146 e. The fourth-order valence-electron chi connectivity index (χ4n) is 1.89. The normalized spacial score (nSPS) is 25.8. The van der Waals surface area contributed by atoms with Gasteiger partial charge in [0.15, 0.2) is 0 Å². The molecule has 0 bridgehead atoms. The summed E-state index contributed by atoms with van der Waals surface area (Å²) in [6.07, 6.45) is 12.2. The number of fused-ring (bicyclic) bond motifs is 1. The van der Waals surface area contributed by atoms with Crippen molar-refractivity contribution in [3.05, 3.63) is 48.7 Å². The molecule has 18 heavy (non-hydrogen) atoms. The first kappa shape index (κ1) is 12.4. The number of nitrogens with two attached hydrogens (primary N) is 1. The van der Waals surface area contributed by atoms with Gasteiger partial charge in [-0.1, -0.05) is 43.6 Å². The van der Waals surface area contributed by atoms with Gasteiger partial charge >= 0.3 is 0 Å². The Hall–Kier alpha value is -2.05. The number of amidine groups is 1. The molecule has 0 aliphatic carbocycles. The Morgan fingerprint density at radius 3 is 3.11 bits per heavy atom. The molecule has 2 aliphatic heterocycles. The van der Waals surface area contributed by atoms with E-state index < -0.39 is 0 Å². The van der Waals surface area contributed by atoms with E-state index >= 15 is 0 Å². The highest BCUT2D eigenvalue weighted by Gasteiger charge is 2.20. The van der Waals surface area contributed by atoms with Crippen LogP contribution in [-0.2, 0) is 0 Å². The molecule has 2 unspecified atom stereocenters. The summed E-state index contributed by atoms with van der Waals surface area (Å²) in [4.78, 5) is 6.52. The quantitative estimate of drug-likeness (QED) is 0.604. The highest BCUT2D eigenvalue weighted by atomic mass is 15.3. The highest BCUT2D eigenvalue weighted by molar-refractivity contribution is 5.96. The maximum Gasteiger partial charge on any atom is 0.146 e. The zero-order valence-corrected chi connectivity index (χ0v) is 10.5. The second-order valence-corrected chi connectivity index (χ2v) is 4.05. The molecule has 0 aromatic carbocycles. The Bertz CT molecular complexity index is 512. The minimum absolute atomic E-state index is 0.176. The van der Waals surface area contributed by atoms with E-state index in [1.807, 2.05) is 35.4 Å². The van der Waals surface area contributed by atoms with Crippen LogP contribution in [0.4, 0.5) is 0 Å². The third kappa shape index (κ3) is 2.44. The predicted molar refractivity (Wildman–Crippen MR) is 75.7 cm³/mol. The number of allylic oxidation sites excluding steroid dienone is 3. The van der Waals surface area contributed by atoms with Gasteiger partial charge in [0.1, 0.15) is 18.0 Å². The Morgan fingerprint density at radius 1 is 1.56 bits per heavy atom. The number of hydrogen-bond acceptors (Lipinski definition) is 3. The van der Waals surface area contributed by atoms with Crippen LogP contribution in [0.2, 0.25) is 0 Å². The lowest BCUT2D eigenvalue weighted by Crippen LogP contribution is -2.40. The predicted octanol–water partition coefficient (Wildman–Crippen LogP) is 1.96. The lowest BCUT2D eigenvalue weighted by Gasteiger charge is -2.24. The number of rotatable bonds is 3. The summed E-state index contributed by atoms with van der Waals surface area (Å²) < 4.78 is 0. The van der Waals surface area contributed by atoms with Crippen molar-refractivity contribution in [1.29, 1.82) is 0 Å². The van der Waals surface area contributed by atoms with Gasteiger partial charge in [0.2, 0.25) is 0 Å². The molecule has 3 nitrogen and oxygen atoms in total. The topological polar surface area (TPSA) is 41.6 Å². The van der Waals surface area contributed by atoms with Crippen molar-refractivity contribution in [2.75, 3.05) is 0 Å². The molecule has 0 aromatic rings. The second kappa shape index (κ2) is 5.52. The molecule has 0 radical (unpaired) electrons. The molecule has 3 heteroatoms. The van der Waals surface area contributed by atoms with E-state index in [9.17, 15) is 0 Å². The third-order valence-electron chi connectivity index (χ3n) is 2.79. The van der Waals surface area contributed by atoms with Crippen molar-refractivity contribution in [3.8, 4) is 11.8 Å². The molecule has 2 rings (SSSR count). The monoisotopic (exact) mass is 239 g/mol. The van der Waals surface area contributed by atoms with Crippen molar-refractivity contribution < 1.29 is 0 Å². The lowest BCUT2D eigenvalue weighted by molar-refractivity contribution is 0.494. The number of aliphatic imine (C=N–C) groups is 1. The van der Waals surface area contributed by atoms with E-state index in [0.717, 1.165) is 17.8 Å². The van der Waals surface area contributed by atoms with Gasteiger partial charge in [-0.2, -0.15) is 0 Å². The first-order chi connectivity index (χ1) is 8.76.